The Morgan fingerprint density at radius 1 is 1.21 bits per heavy atom. The number of hydrogen-bond donors (Lipinski definition) is 2. The molecule has 2 N–H and O–H groups in total. The minimum absolute atomic E-state index is 0.0396. The summed E-state index contributed by atoms with van der Waals surface area (Å²) in [6.45, 7) is 7.27. The first-order valence-electron chi connectivity index (χ1n) is 10.5. The number of rotatable bonds is 6. The highest BCUT2D eigenvalue weighted by molar-refractivity contribution is 6.03. The summed E-state index contributed by atoms with van der Waals surface area (Å²) < 4.78 is 46.4. The van der Waals surface area contributed by atoms with E-state index in [1.165, 1.54) is 10.7 Å². The summed E-state index contributed by atoms with van der Waals surface area (Å²) >= 11 is 0. The van der Waals surface area contributed by atoms with Crippen LogP contribution in [0.3, 0.4) is 0 Å². The molecule has 0 atom stereocenters. The number of amides is 1. The summed E-state index contributed by atoms with van der Waals surface area (Å²) in [5, 5.41) is 9.61. The number of nitrogens with one attached hydrogen (secondary N) is 2. The first-order chi connectivity index (χ1) is 15.7. The van der Waals surface area contributed by atoms with Gasteiger partial charge in [0.2, 0.25) is 5.95 Å². The first-order valence-corrected chi connectivity index (χ1v) is 10.5. The van der Waals surface area contributed by atoms with Gasteiger partial charge >= 0.3 is 6.18 Å². The zero-order chi connectivity index (χ0) is 23.6. The highest BCUT2D eigenvalue weighted by atomic mass is 19.4. The number of ether oxygens (including phenoxy) is 1. The van der Waals surface area contributed by atoms with Gasteiger partial charge in [0, 0.05) is 31.9 Å². The van der Waals surface area contributed by atoms with Crippen LogP contribution in [0.4, 0.5) is 24.9 Å². The monoisotopic (exact) mass is 463 g/mol. The number of carbonyl (C=O) groups is 1. The van der Waals surface area contributed by atoms with E-state index in [-0.39, 0.29) is 29.0 Å². The third kappa shape index (κ3) is 5.57. The highest BCUT2D eigenvalue weighted by Crippen LogP contribution is 2.32. The van der Waals surface area contributed by atoms with Gasteiger partial charge in [-0.3, -0.25) is 20.0 Å². The van der Waals surface area contributed by atoms with E-state index in [9.17, 15) is 18.0 Å². The second kappa shape index (κ2) is 9.32. The molecule has 33 heavy (non-hydrogen) atoms. The lowest BCUT2D eigenvalue weighted by molar-refractivity contribution is -0.137. The van der Waals surface area contributed by atoms with Gasteiger partial charge in [0.1, 0.15) is 5.82 Å². The number of anilines is 2. The third-order valence-corrected chi connectivity index (χ3v) is 5.00. The van der Waals surface area contributed by atoms with Crippen molar-refractivity contribution in [2.24, 2.45) is 0 Å². The van der Waals surface area contributed by atoms with E-state index in [1.807, 2.05) is 0 Å². The fourth-order valence-electron chi connectivity index (χ4n) is 3.41. The van der Waals surface area contributed by atoms with Gasteiger partial charge in [0.25, 0.3) is 5.91 Å². The minimum atomic E-state index is -4.54. The van der Waals surface area contributed by atoms with Crippen LogP contribution in [0.15, 0.2) is 30.5 Å². The lowest BCUT2D eigenvalue weighted by Gasteiger charge is -2.26. The zero-order valence-electron chi connectivity index (χ0n) is 18.2. The molecular weight excluding hydrogens is 439 g/mol. The second-order valence-corrected chi connectivity index (χ2v) is 8.01. The van der Waals surface area contributed by atoms with Crippen molar-refractivity contribution in [3.8, 4) is 0 Å². The van der Waals surface area contributed by atoms with Crippen LogP contribution in [0.5, 0.6) is 0 Å². The molecule has 1 fully saturated rings. The quantitative estimate of drug-likeness (QED) is 0.580. The van der Waals surface area contributed by atoms with Crippen molar-refractivity contribution in [2.75, 3.05) is 36.9 Å². The Hall–Kier alpha value is -3.25. The molecule has 0 bridgehead atoms. The maximum Gasteiger partial charge on any atom is 0.416 e. The van der Waals surface area contributed by atoms with E-state index >= 15 is 0 Å². The van der Waals surface area contributed by atoms with Gasteiger partial charge in [-0.2, -0.15) is 22.7 Å². The normalized spacial score (nSPS) is 15.2. The number of halogens is 3. The van der Waals surface area contributed by atoms with E-state index in [4.69, 9.17) is 4.74 Å². The van der Waals surface area contributed by atoms with Crippen molar-refractivity contribution >= 4 is 23.3 Å². The zero-order valence-corrected chi connectivity index (χ0v) is 18.2. The summed E-state index contributed by atoms with van der Waals surface area (Å²) in [5.74, 6) is -0.494. The minimum Gasteiger partial charge on any atom is -0.379 e. The van der Waals surface area contributed by atoms with Crippen LogP contribution in [0, 0.1) is 0 Å². The van der Waals surface area contributed by atoms with Crippen LogP contribution in [0.25, 0.3) is 5.65 Å². The molecule has 176 valence electrons. The van der Waals surface area contributed by atoms with Crippen molar-refractivity contribution < 1.29 is 22.7 Å². The molecule has 0 radical (unpaired) electrons. The SMILES string of the molecule is CC(C)Nc1cc(C(F)(F)F)cc2nc(NC(=O)c3ccc(CN4CCOCC4)nc3)nn12. The summed E-state index contributed by atoms with van der Waals surface area (Å²) in [6, 6.07) is 5.12. The molecule has 1 aliphatic heterocycles. The van der Waals surface area contributed by atoms with Crippen molar-refractivity contribution in [1.82, 2.24) is 24.5 Å². The molecule has 3 aromatic rings. The standard InChI is InChI=1S/C21H24F3N7O2/c1-13(2)26-17-9-15(21(22,23)24)10-18-27-20(29-31(17)18)28-19(32)14-3-4-16(25-11-14)12-30-5-7-33-8-6-30/h3-4,9-11,13,26H,5-8,12H2,1-2H3,(H,28,29,32). The molecule has 0 aromatic carbocycles. The van der Waals surface area contributed by atoms with E-state index in [0.29, 0.717) is 19.8 Å². The average molecular weight is 463 g/mol. The van der Waals surface area contributed by atoms with Gasteiger partial charge in [0.15, 0.2) is 5.65 Å². The molecule has 1 amide bonds. The molecule has 0 unspecified atom stereocenters. The number of carbonyl (C=O) groups excluding carboxylic acids is 1. The molecule has 3 aromatic heterocycles. The lowest BCUT2D eigenvalue weighted by Crippen LogP contribution is -2.35. The summed E-state index contributed by atoms with van der Waals surface area (Å²) in [5.41, 5.74) is 0.213. The largest absolute Gasteiger partial charge is 0.416 e. The number of fused-ring (bicyclic) bond motifs is 1. The lowest BCUT2D eigenvalue weighted by atomic mass is 10.2. The Morgan fingerprint density at radius 3 is 2.61 bits per heavy atom. The number of morpholine rings is 1. The van der Waals surface area contributed by atoms with E-state index in [1.54, 1.807) is 26.0 Å². The fraction of sp³-hybridized carbons (Fsp3) is 0.429. The molecule has 9 nitrogen and oxygen atoms in total. The predicted molar refractivity (Wildman–Crippen MR) is 115 cm³/mol. The van der Waals surface area contributed by atoms with Crippen LogP contribution in [0.1, 0.15) is 35.5 Å². The maximum atomic E-state index is 13.3. The Bertz CT molecular complexity index is 1120. The van der Waals surface area contributed by atoms with Crippen molar-refractivity contribution in [3.05, 3.63) is 47.3 Å². The second-order valence-electron chi connectivity index (χ2n) is 8.01. The molecule has 0 aliphatic carbocycles. The topological polar surface area (TPSA) is 96.7 Å². The van der Waals surface area contributed by atoms with Crippen molar-refractivity contribution in [1.29, 1.82) is 0 Å². The molecular formula is C21H24F3N7O2. The average Bonchev–Trinajstić information content (AvgIpc) is 3.17. The van der Waals surface area contributed by atoms with Gasteiger partial charge < -0.3 is 10.1 Å². The molecule has 1 saturated heterocycles. The Kier molecular flexibility index (Phi) is 6.47. The molecule has 0 spiro atoms. The van der Waals surface area contributed by atoms with Crippen LogP contribution in [-0.2, 0) is 17.5 Å². The van der Waals surface area contributed by atoms with Crippen LogP contribution in [-0.4, -0.2) is 62.7 Å². The fourth-order valence-corrected chi connectivity index (χ4v) is 3.41. The van der Waals surface area contributed by atoms with Crippen molar-refractivity contribution in [3.63, 3.8) is 0 Å². The Labute approximate surface area is 188 Å². The summed E-state index contributed by atoms with van der Waals surface area (Å²) in [4.78, 5) is 23.2. The van der Waals surface area contributed by atoms with Crippen LogP contribution in [0.2, 0.25) is 0 Å². The van der Waals surface area contributed by atoms with E-state index < -0.39 is 17.6 Å². The molecule has 12 heteroatoms. The number of hydrogen-bond acceptors (Lipinski definition) is 7. The van der Waals surface area contributed by atoms with E-state index in [2.05, 4.69) is 30.6 Å². The molecule has 0 saturated carbocycles. The van der Waals surface area contributed by atoms with E-state index in [0.717, 1.165) is 30.9 Å². The number of aromatic nitrogens is 4. The van der Waals surface area contributed by atoms with Crippen LogP contribution >= 0.6 is 0 Å². The highest BCUT2D eigenvalue weighted by Gasteiger charge is 2.32. The number of nitrogens with zero attached hydrogens (tertiary/aromatic N) is 5. The van der Waals surface area contributed by atoms with Crippen LogP contribution < -0.4 is 10.6 Å². The van der Waals surface area contributed by atoms with Gasteiger partial charge in [-0.15, -0.1) is 5.10 Å². The predicted octanol–water partition coefficient (Wildman–Crippen LogP) is 3.05. The van der Waals surface area contributed by atoms with Gasteiger partial charge in [0.05, 0.1) is 30.0 Å². The Morgan fingerprint density at radius 2 is 1.97 bits per heavy atom. The molecule has 1 aliphatic rings. The summed E-state index contributed by atoms with van der Waals surface area (Å²) in [6.07, 6.45) is -3.09. The van der Waals surface area contributed by atoms with Gasteiger partial charge in [-0.1, -0.05) is 0 Å². The number of pyridine rings is 2. The summed E-state index contributed by atoms with van der Waals surface area (Å²) in [7, 11) is 0. The van der Waals surface area contributed by atoms with Crippen molar-refractivity contribution in [2.45, 2.75) is 32.6 Å². The maximum absolute atomic E-state index is 13.3. The molecule has 4 rings (SSSR count). The molecule has 4 heterocycles. The first kappa shape index (κ1) is 22.9. The third-order valence-electron chi connectivity index (χ3n) is 5.00. The Balaban J connectivity index is 1.51. The smallest absolute Gasteiger partial charge is 0.379 e. The number of alkyl halides is 3. The van der Waals surface area contributed by atoms with Gasteiger partial charge in [-0.25, -0.2) is 0 Å². The van der Waals surface area contributed by atoms with Gasteiger partial charge in [-0.05, 0) is 38.1 Å².